The highest BCUT2D eigenvalue weighted by atomic mass is 16.5. The second kappa shape index (κ2) is 13.0. The summed E-state index contributed by atoms with van der Waals surface area (Å²) in [6, 6.07) is 22.8. The number of nitrogens with one attached hydrogen (secondary N) is 1. The number of methoxy groups -OCH3 is 2. The Morgan fingerprint density at radius 2 is 1.57 bits per heavy atom. The number of hydrogen-bond donors (Lipinski definition) is 1. The Morgan fingerprint density at radius 3 is 2.17 bits per heavy atom. The number of rotatable bonds is 11. The zero-order chi connectivity index (χ0) is 28.6. The number of nitrogens with zero attached hydrogens (tertiary/aromatic N) is 3. The summed E-state index contributed by atoms with van der Waals surface area (Å²) in [6.45, 7) is 6.31. The lowest BCUT2D eigenvalue weighted by molar-refractivity contribution is -0.116. The summed E-state index contributed by atoms with van der Waals surface area (Å²) >= 11 is 0. The normalized spacial score (nSPS) is 10.7. The Labute approximate surface area is 235 Å². The lowest BCUT2D eigenvalue weighted by Crippen LogP contribution is -2.39. The molecular weight excluding hydrogens is 504 g/mol. The van der Waals surface area contributed by atoms with Crippen LogP contribution in [-0.2, 0) is 4.79 Å². The molecule has 4 rings (SSSR count). The molecule has 40 heavy (non-hydrogen) atoms. The van der Waals surface area contributed by atoms with Crippen molar-refractivity contribution in [3.63, 3.8) is 0 Å². The molecular formula is C32H36N4O4. The van der Waals surface area contributed by atoms with Crippen molar-refractivity contribution < 1.29 is 19.1 Å². The number of carbonyl (C=O) groups excluding carboxylic acids is 2. The van der Waals surface area contributed by atoms with Crippen LogP contribution in [0, 0.1) is 13.8 Å². The summed E-state index contributed by atoms with van der Waals surface area (Å²) in [6.07, 6.45) is 1.64. The largest absolute Gasteiger partial charge is 0.497 e. The van der Waals surface area contributed by atoms with Crippen molar-refractivity contribution in [3.8, 4) is 28.3 Å². The van der Waals surface area contributed by atoms with Crippen LogP contribution < -0.4 is 14.8 Å². The summed E-state index contributed by atoms with van der Waals surface area (Å²) < 4.78 is 12.4. The van der Waals surface area contributed by atoms with Gasteiger partial charge in [-0.15, -0.1) is 0 Å². The lowest BCUT2D eigenvalue weighted by Gasteiger charge is -2.23. The van der Waals surface area contributed by atoms with Crippen LogP contribution in [-0.4, -0.2) is 53.8 Å². The fraction of sp³-hybridized carbons (Fsp3) is 0.281. The van der Waals surface area contributed by atoms with Gasteiger partial charge in [0.25, 0.3) is 5.91 Å². The minimum atomic E-state index is -0.315. The van der Waals surface area contributed by atoms with Gasteiger partial charge in [0.15, 0.2) is 0 Å². The van der Waals surface area contributed by atoms with Gasteiger partial charge in [0.05, 0.1) is 25.6 Å². The molecule has 208 valence electrons. The first-order chi connectivity index (χ1) is 19.3. The van der Waals surface area contributed by atoms with Crippen molar-refractivity contribution in [1.82, 2.24) is 14.7 Å². The van der Waals surface area contributed by atoms with E-state index in [0.29, 0.717) is 29.4 Å². The van der Waals surface area contributed by atoms with Gasteiger partial charge in [0, 0.05) is 23.7 Å². The van der Waals surface area contributed by atoms with Crippen molar-refractivity contribution >= 4 is 17.6 Å². The predicted molar refractivity (Wildman–Crippen MR) is 157 cm³/mol. The Bertz CT molecular complexity index is 1440. The first-order valence-electron chi connectivity index (χ1n) is 13.4. The molecule has 1 N–H and O–H groups in total. The maximum Gasteiger partial charge on any atom is 0.254 e. The third kappa shape index (κ3) is 6.51. The smallest absolute Gasteiger partial charge is 0.254 e. The molecule has 1 aromatic heterocycles. The van der Waals surface area contributed by atoms with E-state index in [4.69, 9.17) is 14.6 Å². The number of carbonyl (C=O) groups is 2. The summed E-state index contributed by atoms with van der Waals surface area (Å²) in [5.74, 6) is 0.987. The Morgan fingerprint density at radius 1 is 0.925 bits per heavy atom. The fourth-order valence-electron chi connectivity index (χ4n) is 4.53. The van der Waals surface area contributed by atoms with Gasteiger partial charge in [0.2, 0.25) is 5.91 Å². The Hall–Kier alpha value is -4.59. The van der Waals surface area contributed by atoms with E-state index in [2.05, 4.69) is 5.32 Å². The average molecular weight is 541 g/mol. The number of ether oxygens (including phenoxy) is 2. The lowest BCUT2D eigenvalue weighted by atomic mass is 10.1. The van der Waals surface area contributed by atoms with Crippen molar-refractivity contribution in [2.24, 2.45) is 0 Å². The Balaban J connectivity index is 1.68. The second-order valence-corrected chi connectivity index (χ2v) is 9.65. The van der Waals surface area contributed by atoms with Crippen LogP contribution in [0.4, 0.5) is 5.82 Å². The predicted octanol–water partition coefficient (Wildman–Crippen LogP) is 6.05. The molecule has 0 atom stereocenters. The standard InChI is InChI=1S/C32H36N4O4/c1-6-7-17-35(32(38)25-18-27(39-4)20-28(19-25)40-5)21-29(37)33-31-30(24-11-9-8-10-12-24)23(3)34-36(31)26-15-13-22(2)14-16-26/h8-16,18-20H,6-7,17,21H2,1-5H3,(H,33,37). The van der Waals surface area contributed by atoms with E-state index in [1.54, 1.807) is 27.8 Å². The highest BCUT2D eigenvalue weighted by Crippen LogP contribution is 2.33. The molecule has 0 spiro atoms. The molecule has 0 fully saturated rings. The molecule has 1 heterocycles. The fourth-order valence-corrected chi connectivity index (χ4v) is 4.53. The third-order valence-electron chi connectivity index (χ3n) is 6.66. The van der Waals surface area contributed by atoms with Gasteiger partial charge in [0.1, 0.15) is 23.9 Å². The molecule has 8 nitrogen and oxygen atoms in total. The molecule has 0 saturated carbocycles. The van der Waals surface area contributed by atoms with E-state index in [-0.39, 0.29) is 18.4 Å². The quantitative estimate of drug-likeness (QED) is 0.250. The van der Waals surface area contributed by atoms with Crippen LogP contribution in [0.2, 0.25) is 0 Å². The Kier molecular flexibility index (Phi) is 9.22. The van der Waals surface area contributed by atoms with Gasteiger partial charge >= 0.3 is 0 Å². The minimum Gasteiger partial charge on any atom is -0.497 e. The molecule has 0 aliphatic rings. The molecule has 0 bridgehead atoms. The molecule has 8 heteroatoms. The number of amides is 2. The van der Waals surface area contributed by atoms with Gasteiger partial charge in [-0.3, -0.25) is 9.59 Å². The van der Waals surface area contributed by atoms with Gasteiger partial charge in [-0.1, -0.05) is 61.4 Å². The number of anilines is 1. The topological polar surface area (TPSA) is 85.7 Å². The van der Waals surface area contributed by atoms with E-state index >= 15 is 0 Å². The van der Waals surface area contributed by atoms with Gasteiger partial charge in [-0.2, -0.15) is 5.10 Å². The van der Waals surface area contributed by atoms with Crippen molar-refractivity contribution in [2.45, 2.75) is 33.6 Å². The van der Waals surface area contributed by atoms with Gasteiger partial charge in [-0.05, 0) is 50.1 Å². The molecule has 3 aromatic carbocycles. The van der Waals surface area contributed by atoms with Crippen molar-refractivity contribution in [1.29, 1.82) is 0 Å². The SMILES string of the molecule is CCCCN(CC(=O)Nc1c(-c2ccccc2)c(C)nn1-c1ccc(C)cc1)C(=O)c1cc(OC)cc(OC)c1. The van der Waals surface area contributed by atoms with Crippen LogP contribution in [0.5, 0.6) is 11.5 Å². The zero-order valence-electron chi connectivity index (χ0n) is 23.7. The number of hydrogen-bond acceptors (Lipinski definition) is 5. The molecule has 0 unspecified atom stereocenters. The van der Waals surface area contributed by atoms with Gasteiger partial charge in [-0.25, -0.2) is 4.68 Å². The van der Waals surface area contributed by atoms with Crippen molar-refractivity contribution in [2.75, 3.05) is 32.6 Å². The highest BCUT2D eigenvalue weighted by molar-refractivity contribution is 6.01. The first-order valence-corrected chi connectivity index (χ1v) is 13.4. The van der Waals surface area contributed by atoms with Crippen LogP contribution in [0.25, 0.3) is 16.8 Å². The monoisotopic (exact) mass is 540 g/mol. The summed E-state index contributed by atoms with van der Waals surface area (Å²) in [4.78, 5) is 28.8. The van der Waals surface area contributed by atoms with E-state index in [1.165, 1.54) is 14.2 Å². The van der Waals surface area contributed by atoms with E-state index in [0.717, 1.165) is 40.9 Å². The van der Waals surface area contributed by atoms with E-state index < -0.39 is 0 Å². The number of aromatic nitrogens is 2. The number of aryl methyl sites for hydroxylation is 2. The van der Waals surface area contributed by atoms with Crippen LogP contribution in [0.15, 0.2) is 72.8 Å². The summed E-state index contributed by atoms with van der Waals surface area (Å²) in [7, 11) is 3.07. The molecule has 4 aromatic rings. The molecule has 0 aliphatic carbocycles. The molecule has 0 aliphatic heterocycles. The highest BCUT2D eigenvalue weighted by Gasteiger charge is 2.24. The molecule has 0 saturated heterocycles. The first kappa shape index (κ1) is 28.4. The van der Waals surface area contributed by atoms with Crippen LogP contribution >= 0.6 is 0 Å². The van der Waals surface area contributed by atoms with Crippen LogP contribution in [0.3, 0.4) is 0 Å². The average Bonchev–Trinajstić information content (AvgIpc) is 3.30. The number of benzene rings is 3. The second-order valence-electron chi connectivity index (χ2n) is 9.65. The molecule has 0 radical (unpaired) electrons. The van der Waals surface area contributed by atoms with E-state index in [9.17, 15) is 9.59 Å². The molecule has 2 amide bonds. The van der Waals surface area contributed by atoms with Crippen molar-refractivity contribution in [3.05, 3.63) is 89.6 Å². The minimum absolute atomic E-state index is 0.120. The third-order valence-corrected chi connectivity index (χ3v) is 6.66. The maximum absolute atomic E-state index is 13.6. The zero-order valence-corrected chi connectivity index (χ0v) is 23.7. The summed E-state index contributed by atoms with van der Waals surface area (Å²) in [5.41, 5.74) is 4.90. The van der Waals surface area contributed by atoms with Gasteiger partial charge < -0.3 is 19.7 Å². The summed E-state index contributed by atoms with van der Waals surface area (Å²) in [5, 5.41) is 7.87. The maximum atomic E-state index is 13.6. The van der Waals surface area contributed by atoms with Crippen LogP contribution in [0.1, 0.15) is 41.4 Å². The number of unbranched alkanes of at least 4 members (excludes halogenated alkanes) is 1. The van der Waals surface area contributed by atoms with E-state index in [1.807, 2.05) is 75.4 Å².